The van der Waals surface area contributed by atoms with Gasteiger partial charge in [-0.15, -0.1) is 0 Å². The summed E-state index contributed by atoms with van der Waals surface area (Å²) < 4.78 is 43.0. The molecule has 0 saturated carbocycles. The molecule has 2 aromatic carbocycles. The molecule has 1 N–H and O–H groups in total. The minimum atomic E-state index is -3.78. The standard InChI is InChI=1S/C22H26N2O7S/c1-3-30-19-7-5-4-6-18(19)23-21(25)15-31-22(26)17-9-8-16(2)20(14-17)32(27,28)24-10-12-29-13-11-24/h4-9,14H,3,10-13,15H2,1-2H3,(H,23,25). The summed E-state index contributed by atoms with van der Waals surface area (Å²) in [4.78, 5) is 24.7. The normalized spacial score (nSPS) is 14.6. The third kappa shape index (κ3) is 5.64. The van der Waals surface area contributed by atoms with Crippen LogP contribution in [0.1, 0.15) is 22.8 Å². The van der Waals surface area contributed by atoms with Crippen LogP contribution in [0.15, 0.2) is 47.4 Å². The molecule has 1 aliphatic heterocycles. The van der Waals surface area contributed by atoms with Crippen molar-refractivity contribution in [2.45, 2.75) is 18.7 Å². The molecule has 1 saturated heterocycles. The van der Waals surface area contributed by atoms with E-state index in [9.17, 15) is 18.0 Å². The smallest absolute Gasteiger partial charge is 0.338 e. The number of amides is 1. The molecule has 1 amide bonds. The second kappa shape index (κ2) is 10.6. The third-order valence-corrected chi connectivity index (χ3v) is 6.85. The number of nitrogens with zero attached hydrogens (tertiary/aromatic N) is 1. The van der Waals surface area contributed by atoms with Gasteiger partial charge in [0.15, 0.2) is 6.61 Å². The molecule has 0 aromatic heterocycles. The number of hydrogen-bond donors (Lipinski definition) is 1. The summed E-state index contributed by atoms with van der Waals surface area (Å²) in [6, 6.07) is 11.2. The maximum Gasteiger partial charge on any atom is 0.338 e. The van der Waals surface area contributed by atoms with Crippen LogP contribution in [-0.2, 0) is 24.3 Å². The lowest BCUT2D eigenvalue weighted by atomic mass is 10.1. The Kier molecular flexibility index (Phi) is 7.84. The van der Waals surface area contributed by atoms with Crippen LogP contribution in [0.4, 0.5) is 5.69 Å². The molecule has 1 heterocycles. The number of anilines is 1. The SMILES string of the molecule is CCOc1ccccc1NC(=O)COC(=O)c1ccc(C)c(S(=O)(=O)N2CCOCC2)c1. The number of rotatable bonds is 8. The summed E-state index contributed by atoms with van der Waals surface area (Å²) in [6.07, 6.45) is 0. The van der Waals surface area contributed by atoms with Crippen molar-refractivity contribution in [1.29, 1.82) is 0 Å². The molecule has 10 heteroatoms. The van der Waals surface area contributed by atoms with Crippen LogP contribution < -0.4 is 10.1 Å². The van der Waals surface area contributed by atoms with E-state index < -0.39 is 28.5 Å². The van der Waals surface area contributed by atoms with Gasteiger partial charge in [-0.3, -0.25) is 4.79 Å². The summed E-state index contributed by atoms with van der Waals surface area (Å²) in [5.74, 6) is -0.832. The number of benzene rings is 2. The number of hydrogen-bond acceptors (Lipinski definition) is 7. The zero-order chi connectivity index (χ0) is 23.1. The molecule has 0 radical (unpaired) electrons. The predicted molar refractivity (Wildman–Crippen MR) is 117 cm³/mol. The molecule has 0 unspecified atom stereocenters. The molecule has 0 spiro atoms. The van der Waals surface area contributed by atoms with Crippen LogP contribution >= 0.6 is 0 Å². The fourth-order valence-corrected chi connectivity index (χ4v) is 4.84. The average molecular weight is 463 g/mol. The van der Waals surface area contributed by atoms with Gasteiger partial charge in [0.2, 0.25) is 10.0 Å². The minimum Gasteiger partial charge on any atom is -0.492 e. The number of nitrogens with one attached hydrogen (secondary N) is 1. The van der Waals surface area contributed by atoms with Crippen LogP contribution in [0, 0.1) is 6.92 Å². The molecular weight excluding hydrogens is 436 g/mol. The van der Waals surface area contributed by atoms with E-state index in [4.69, 9.17) is 14.2 Å². The Bertz CT molecular complexity index is 1080. The fraction of sp³-hybridized carbons (Fsp3) is 0.364. The minimum absolute atomic E-state index is 0.0314. The summed E-state index contributed by atoms with van der Waals surface area (Å²) in [5.41, 5.74) is 1.02. The number of sulfonamides is 1. The van der Waals surface area contributed by atoms with Crippen molar-refractivity contribution in [1.82, 2.24) is 4.31 Å². The van der Waals surface area contributed by atoms with Crippen LogP contribution in [0.2, 0.25) is 0 Å². The fourth-order valence-electron chi connectivity index (χ4n) is 3.18. The lowest BCUT2D eigenvalue weighted by Gasteiger charge is -2.26. The highest BCUT2D eigenvalue weighted by Gasteiger charge is 2.28. The Labute approximate surface area is 187 Å². The first-order valence-electron chi connectivity index (χ1n) is 10.2. The topological polar surface area (TPSA) is 111 Å². The van der Waals surface area contributed by atoms with Crippen LogP contribution in [-0.4, -0.2) is 64.1 Å². The molecule has 1 fully saturated rings. The molecule has 172 valence electrons. The third-order valence-electron chi connectivity index (χ3n) is 4.81. The summed E-state index contributed by atoms with van der Waals surface area (Å²) in [5, 5.41) is 2.63. The van der Waals surface area contributed by atoms with E-state index in [1.54, 1.807) is 37.3 Å². The number of ether oxygens (including phenoxy) is 3. The van der Waals surface area contributed by atoms with Gasteiger partial charge in [0.25, 0.3) is 5.91 Å². The van der Waals surface area contributed by atoms with Gasteiger partial charge in [-0.2, -0.15) is 4.31 Å². The maximum absolute atomic E-state index is 13.0. The van der Waals surface area contributed by atoms with Crippen molar-refractivity contribution in [3.05, 3.63) is 53.6 Å². The highest BCUT2D eigenvalue weighted by atomic mass is 32.2. The molecule has 9 nitrogen and oxygen atoms in total. The first kappa shape index (κ1) is 23.7. The highest BCUT2D eigenvalue weighted by Crippen LogP contribution is 2.24. The van der Waals surface area contributed by atoms with Crippen molar-refractivity contribution >= 4 is 27.6 Å². The molecule has 2 aromatic rings. The Morgan fingerprint density at radius 3 is 2.56 bits per heavy atom. The maximum atomic E-state index is 13.0. The van der Waals surface area contributed by atoms with E-state index in [0.717, 1.165) is 0 Å². The lowest BCUT2D eigenvalue weighted by molar-refractivity contribution is -0.119. The largest absolute Gasteiger partial charge is 0.492 e. The Hall–Kier alpha value is -2.95. The zero-order valence-corrected chi connectivity index (χ0v) is 18.8. The van der Waals surface area contributed by atoms with E-state index in [1.807, 2.05) is 6.92 Å². The highest BCUT2D eigenvalue weighted by molar-refractivity contribution is 7.89. The summed E-state index contributed by atoms with van der Waals surface area (Å²) >= 11 is 0. The molecule has 3 rings (SSSR count). The molecule has 1 aliphatic rings. The number of carbonyl (C=O) groups excluding carboxylic acids is 2. The second-order valence-corrected chi connectivity index (χ2v) is 8.96. The Morgan fingerprint density at radius 1 is 1.12 bits per heavy atom. The van der Waals surface area contributed by atoms with E-state index in [2.05, 4.69) is 5.32 Å². The Morgan fingerprint density at radius 2 is 1.84 bits per heavy atom. The van der Waals surface area contributed by atoms with E-state index >= 15 is 0 Å². The number of morpholine rings is 1. The number of aryl methyl sites for hydroxylation is 1. The predicted octanol–water partition coefficient (Wildman–Crippen LogP) is 2.21. The first-order chi connectivity index (χ1) is 15.3. The van der Waals surface area contributed by atoms with Gasteiger partial charge in [-0.25, -0.2) is 13.2 Å². The van der Waals surface area contributed by atoms with Gasteiger partial charge in [0.1, 0.15) is 5.75 Å². The number of para-hydroxylation sites is 2. The van der Waals surface area contributed by atoms with E-state index in [1.165, 1.54) is 16.4 Å². The average Bonchev–Trinajstić information content (AvgIpc) is 2.79. The van der Waals surface area contributed by atoms with Gasteiger partial charge in [-0.05, 0) is 43.7 Å². The van der Waals surface area contributed by atoms with Crippen molar-refractivity contribution < 1.29 is 32.2 Å². The van der Waals surface area contributed by atoms with E-state index in [0.29, 0.717) is 36.8 Å². The zero-order valence-electron chi connectivity index (χ0n) is 18.0. The van der Waals surface area contributed by atoms with Crippen molar-refractivity contribution in [3.8, 4) is 5.75 Å². The first-order valence-corrected chi connectivity index (χ1v) is 11.6. The van der Waals surface area contributed by atoms with Crippen LogP contribution in [0.25, 0.3) is 0 Å². The van der Waals surface area contributed by atoms with Gasteiger partial charge in [-0.1, -0.05) is 18.2 Å². The molecule has 0 aliphatic carbocycles. The van der Waals surface area contributed by atoms with Crippen LogP contribution in [0.3, 0.4) is 0 Å². The van der Waals surface area contributed by atoms with Crippen molar-refractivity contribution in [2.24, 2.45) is 0 Å². The molecule has 0 atom stereocenters. The Balaban J connectivity index is 1.67. The molecular formula is C22H26N2O7S. The van der Waals surface area contributed by atoms with E-state index in [-0.39, 0.29) is 23.5 Å². The number of esters is 1. The number of carbonyl (C=O) groups is 2. The second-order valence-electron chi connectivity index (χ2n) is 7.05. The molecule has 0 bridgehead atoms. The van der Waals surface area contributed by atoms with Crippen LogP contribution in [0.5, 0.6) is 5.75 Å². The van der Waals surface area contributed by atoms with Gasteiger partial charge < -0.3 is 19.5 Å². The van der Waals surface area contributed by atoms with Crippen molar-refractivity contribution in [3.63, 3.8) is 0 Å². The quantitative estimate of drug-likeness (QED) is 0.599. The van der Waals surface area contributed by atoms with Gasteiger partial charge >= 0.3 is 5.97 Å². The van der Waals surface area contributed by atoms with Gasteiger partial charge in [0.05, 0.1) is 36.0 Å². The van der Waals surface area contributed by atoms with Gasteiger partial charge in [0, 0.05) is 13.1 Å². The monoisotopic (exact) mass is 462 g/mol. The summed E-state index contributed by atoms with van der Waals surface area (Å²) in [6.45, 7) is 4.54. The van der Waals surface area contributed by atoms with Crippen molar-refractivity contribution in [2.75, 3.05) is 44.8 Å². The molecule has 32 heavy (non-hydrogen) atoms. The summed E-state index contributed by atoms with van der Waals surface area (Å²) in [7, 11) is -3.78. The lowest BCUT2D eigenvalue weighted by Crippen LogP contribution is -2.40.